The number of nitrogens with zero attached hydrogens (tertiary/aromatic N) is 2. The Morgan fingerprint density at radius 3 is 2.63 bits per heavy atom. The van der Waals surface area contributed by atoms with Crippen LogP contribution in [0.5, 0.6) is 0 Å². The fourth-order valence-electron chi connectivity index (χ4n) is 2.54. The maximum Gasteiger partial charge on any atom is 0.367 e. The first-order chi connectivity index (χ1) is 9.29. The Labute approximate surface area is 112 Å². The molecule has 0 unspecified atom stereocenters. The third-order valence-electron chi connectivity index (χ3n) is 3.57. The van der Waals surface area contributed by atoms with E-state index in [1.807, 2.05) is 30.3 Å². The monoisotopic (exact) mass is 249 g/mol. The Morgan fingerprint density at radius 1 is 1.11 bits per heavy atom. The molecule has 0 amide bonds. The first-order valence-corrected chi connectivity index (χ1v) is 6.30. The van der Waals surface area contributed by atoms with E-state index >= 15 is 0 Å². The van der Waals surface area contributed by atoms with Crippen LogP contribution in [0.1, 0.15) is 22.3 Å². The molecular formula is C16H15N3+2. The highest BCUT2D eigenvalue weighted by atomic mass is 15.1. The Morgan fingerprint density at radius 2 is 1.84 bits per heavy atom. The quantitative estimate of drug-likeness (QED) is 0.801. The molecule has 92 valence electrons. The molecule has 0 saturated carbocycles. The summed E-state index contributed by atoms with van der Waals surface area (Å²) in [6.07, 6.45) is 0. The predicted molar refractivity (Wildman–Crippen MR) is 72.3 cm³/mol. The summed E-state index contributed by atoms with van der Waals surface area (Å²) in [5.74, 6) is 1.04. The normalized spacial score (nSPS) is 13.3. The summed E-state index contributed by atoms with van der Waals surface area (Å²) in [5.41, 5.74) is 8.49. The summed E-state index contributed by atoms with van der Waals surface area (Å²) in [5, 5.41) is 9.14. The minimum Gasteiger partial charge on any atom is -0.269 e. The van der Waals surface area contributed by atoms with E-state index in [1.54, 1.807) is 0 Å². The van der Waals surface area contributed by atoms with Crippen LogP contribution in [0, 0.1) is 11.3 Å². The predicted octanol–water partition coefficient (Wildman–Crippen LogP) is 1.27. The largest absolute Gasteiger partial charge is 0.367 e. The summed E-state index contributed by atoms with van der Waals surface area (Å²) in [4.78, 5) is 0. The lowest BCUT2D eigenvalue weighted by Crippen LogP contribution is -2.60. The highest BCUT2D eigenvalue weighted by molar-refractivity contribution is 5.89. The van der Waals surface area contributed by atoms with Crippen molar-refractivity contribution >= 4 is 5.84 Å². The van der Waals surface area contributed by atoms with E-state index in [1.165, 1.54) is 11.1 Å². The molecule has 2 aromatic rings. The topological polar surface area (TPSA) is 54.4 Å². The number of hydrogen-bond acceptors (Lipinski definition) is 1. The first-order valence-electron chi connectivity index (χ1n) is 6.30. The number of benzene rings is 2. The fraction of sp³-hybridized carbons (Fsp3) is 0.125. The van der Waals surface area contributed by atoms with Gasteiger partial charge in [0, 0.05) is 11.1 Å². The van der Waals surface area contributed by atoms with Crippen molar-refractivity contribution in [3.8, 4) is 6.07 Å². The van der Waals surface area contributed by atoms with Crippen LogP contribution in [-0.4, -0.2) is 10.4 Å². The summed E-state index contributed by atoms with van der Waals surface area (Å²) in [6, 6.07) is 18.3. The lowest BCUT2D eigenvalue weighted by atomic mass is 10.1. The molecular weight excluding hydrogens is 234 g/mol. The average molecular weight is 249 g/mol. The van der Waals surface area contributed by atoms with Gasteiger partial charge in [0.05, 0.1) is 11.6 Å². The minimum atomic E-state index is 0.733. The molecule has 1 aliphatic heterocycles. The van der Waals surface area contributed by atoms with Crippen molar-refractivity contribution in [2.75, 3.05) is 0 Å². The SMILES string of the molecule is N#Cc1ccccc1C[N+]1=C([NH3+])c2ccccc2C1. The Balaban J connectivity index is 1.95. The average Bonchev–Trinajstić information content (AvgIpc) is 2.77. The van der Waals surface area contributed by atoms with Crippen molar-refractivity contribution in [3.63, 3.8) is 0 Å². The molecule has 0 saturated heterocycles. The van der Waals surface area contributed by atoms with Gasteiger partial charge in [-0.3, -0.25) is 5.73 Å². The summed E-state index contributed by atoms with van der Waals surface area (Å²) in [6.45, 7) is 1.60. The summed E-state index contributed by atoms with van der Waals surface area (Å²) >= 11 is 0. The molecule has 19 heavy (non-hydrogen) atoms. The molecule has 3 rings (SSSR count). The van der Waals surface area contributed by atoms with Gasteiger partial charge in [-0.2, -0.15) is 9.84 Å². The molecule has 3 heteroatoms. The van der Waals surface area contributed by atoms with Gasteiger partial charge in [0.1, 0.15) is 5.56 Å². The second kappa shape index (κ2) is 4.68. The van der Waals surface area contributed by atoms with E-state index < -0.39 is 0 Å². The van der Waals surface area contributed by atoms with Crippen LogP contribution < -0.4 is 5.73 Å². The second-order valence-electron chi connectivity index (χ2n) is 4.73. The van der Waals surface area contributed by atoms with Gasteiger partial charge in [-0.1, -0.05) is 36.4 Å². The molecule has 0 bridgehead atoms. The highest BCUT2D eigenvalue weighted by Crippen LogP contribution is 2.18. The Hall–Kier alpha value is -2.44. The number of fused-ring (bicyclic) bond motifs is 1. The molecule has 0 aliphatic carbocycles. The molecule has 0 radical (unpaired) electrons. The molecule has 0 spiro atoms. The first kappa shape index (κ1) is 11.6. The molecule has 3 nitrogen and oxygen atoms in total. The van der Waals surface area contributed by atoms with Crippen molar-refractivity contribution in [2.45, 2.75) is 13.1 Å². The van der Waals surface area contributed by atoms with Crippen molar-refractivity contribution < 1.29 is 10.3 Å². The van der Waals surface area contributed by atoms with Crippen LogP contribution in [0.25, 0.3) is 0 Å². The number of hydrogen-bond donors (Lipinski definition) is 1. The smallest absolute Gasteiger partial charge is 0.269 e. The standard InChI is InChI=1S/C16H13N3/c17-9-12-5-1-2-6-13(12)10-19-11-14-7-3-4-8-15(14)16(19)18/h1-8,18H,10-11H2/p+2. The van der Waals surface area contributed by atoms with Gasteiger partial charge >= 0.3 is 5.84 Å². The van der Waals surface area contributed by atoms with Crippen LogP contribution in [0.2, 0.25) is 0 Å². The van der Waals surface area contributed by atoms with Crippen molar-refractivity contribution in [1.29, 1.82) is 5.26 Å². The Kier molecular flexibility index (Phi) is 2.86. The lowest BCUT2D eigenvalue weighted by Gasteiger charge is -2.01. The molecule has 1 aliphatic rings. The van der Waals surface area contributed by atoms with Gasteiger partial charge in [0.2, 0.25) is 0 Å². The van der Waals surface area contributed by atoms with Gasteiger partial charge in [-0.25, -0.2) is 0 Å². The van der Waals surface area contributed by atoms with Gasteiger partial charge in [-0.05, 0) is 12.1 Å². The minimum absolute atomic E-state index is 0.733. The molecule has 2 aromatic carbocycles. The van der Waals surface area contributed by atoms with Gasteiger partial charge in [-0.15, -0.1) is 0 Å². The number of quaternary nitrogens is 1. The van der Waals surface area contributed by atoms with Gasteiger partial charge < -0.3 is 0 Å². The maximum atomic E-state index is 9.14. The molecule has 0 fully saturated rings. The Bertz CT molecular complexity index is 708. The van der Waals surface area contributed by atoms with Crippen LogP contribution in [0.3, 0.4) is 0 Å². The van der Waals surface area contributed by atoms with Crippen LogP contribution in [0.15, 0.2) is 48.5 Å². The number of rotatable bonds is 2. The van der Waals surface area contributed by atoms with E-state index in [9.17, 15) is 0 Å². The zero-order chi connectivity index (χ0) is 13.2. The van der Waals surface area contributed by atoms with E-state index in [-0.39, 0.29) is 0 Å². The van der Waals surface area contributed by atoms with E-state index in [0.717, 1.165) is 30.1 Å². The van der Waals surface area contributed by atoms with Crippen molar-refractivity contribution in [2.24, 2.45) is 0 Å². The van der Waals surface area contributed by atoms with Crippen LogP contribution in [-0.2, 0) is 13.1 Å². The zero-order valence-corrected chi connectivity index (χ0v) is 10.6. The molecule has 3 N–H and O–H groups in total. The fourth-order valence-corrected chi connectivity index (χ4v) is 2.54. The molecule has 1 heterocycles. The third-order valence-corrected chi connectivity index (χ3v) is 3.57. The van der Waals surface area contributed by atoms with Gasteiger partial charge in [0.25, 0.3) is 0 Å². The van der Waals surface area contributed by atoms with Gasteiger partial charge in [0.15, 0.2) is 13.1 Å². The zero-order valence-electron chi connectivity index (χ0n) is 10.6. The van der Waals surface area contributed by atoms with E-state index in [2.05, 4.69) is 34.6 Å². The van der Waals surface area contributed by atoms with Crippen LogP contribution in [0.4, 0.5) is 0 Å². The third kappa shape index (κ3) is 2.03. The van der Waals surface area contributed by atoms with Crippen LogP contribution >= 0.6 is 0 Å². The highest BCUT2D eigenvalue weighted by Gasteiger charge is 2.29. The maximum absolute atomic E-state index is 9.14. The van der Waals surface area contributed by atoms with Crippen molar-refractivity contribution in [1.82, 2.24) is 0 Å². The van der Waals surface area contributed by atoms with E-state index in [4.69, 9.17) is 5.26 Å². The summed E-state index contributed by atoms with van der Waals surface area (Å²) < 4.78 is 2.22. The van der Waals surface area contributed by atoms with Crippen molar-refractivity contribution in [3.05, 3.63) is 70.8 Å². The number of amidine groups is 1. The second-order valence-corrected chi connectivity index (χ2v) is 4.73. The summed E-state index contributed by atoms with van der Waals surface area (Å²) in [7, 11) is 0. The molecule has 0 atom stereocenters. The lowest BCUT2D eigenvalue weighted by molar-refractivity contribution is -0.583. The number of nitriles is 1. The molecule has 0 aromatic heterocycles. The van der Waals surface area contributed by atoms with E-state index in [0.29, 0.717) is 0 Å².